The van der Waals surface area contributed by atoms with Gasteiger partial charge in [0.2, 0.25) is 0 Å². The van der Waals surface area contributed by atoms with E-state index in [2.05, 4.69) is 57.8 Å². The Morgan fingerprint density at radius 1 is 1.03 bits per heavy atom. The first kappa shape index (κ1) is 19.9. The standard InChI is InChI=1S/C24H31FN4/c1-17(18-8-4-3-5-9-18)29-14-12-19(13-15-29)27-24(26-2)28-23-16-21(23)20-10-6-7-11-22(20)25/h3-11,17,19,21,23H,12-16H2,1-2H3,(H2,26,27,28). The molecule has 2 aliphatic rings. The summed E-state index contributed by atoms with van der Waals surface area (Å²) < 4.78 is 14.0. The Labute approximate surface area is 173 Å². The summed E-state index contributed by atoms with van der Waals surface area (Å²) in [7, 11) is 1.81. The molecule has 0 spiro atoms. The van der Waals surface area contributed by atoms with Gasteiger partial charge in [0.05, 0.1) is 0 Å². The zero-order chi connectivity index (χ0) is 20.2. The highest BCUT2D eigenvalue weighted by atomic mass is 19.1. The first-order valence-corrected chi connectivity index (χ1v) is 10.7. The normalized spacial score (nSPS) is 24.2. The highest BCUT2D eigenvalue weighted by molar-refractivity contribution is 5.80. The molecule has 1 saturated heterocycles. The number of nitrogens with one attached hydrogen (secondary N) is 2. The summed E-state index contributed by atoms with van der Waals surface area (Å²) in [5, 5.41) is 7.06. The number of aliphatic imine (C=N–C) groups is 1. The van der Waals surface area contributed by atoms with Crippen molar-refractivity contribution in [2.75, 3.05) is 20.1 Å². The number of rotatable bonds is 5. The Bertz CT molecular complexity index is 830. The first-order chi connectivity index (χ1) is 14.2. The number of hydrogen-bond donors (Lipinski definition) is 2. The van der Waals surface area contributed by atoms with Crippen molar-refractivity contribution in [1.82, 2.24) is 15.5 Å². The summed E-state index contributed by atoms with van der Waals surface area (Å²) in [4.78, 5) is 6.96. The summed E-state index contributed by atoms with van der Waals surface area (Å²) in [5.74, 6) is 0.969. The molecule has 2 aromatic rings. The van der Waals surface area contributed by atoms with Crippen molar-refractivity contribution in [3.8, 4) is 0 Å². The molecule has 3 atom stereocenters. The molecule has 0 aromatic heterocycles. The van der Waals surface area contributed by atoms with Gasteiger partial charge in [-0.3, -0.25) is 9.89 Å². The molecule has 1 aliphatic heterocycles. The first-order valence-electron chi connectivity index (χ1n) is 10.7. The number of benzene rings is 2. The second-order valence-electron chi connectivity index (χ2n) is 8.23. The fraction of sp³-hybridized carbons (Fsp3) is 0.458. The molecule has 4 nitrogen and oxygen atoms in total. The molecule has 29 heavy (non-hydrogen) atoms. The lowest BCUT2D eigenvalue weighted by Gasteiger charge is -2.37. The van der Waals surface area contributed by atoms with E-state index in [0.717, 1.165) is 43.9 Å². The summed E-state index contributed by atoms with van der Waals surface area (Å²) >= 11 is 0. The molecule has 4 rings (SSSR count). The highest BCUT2D eigenvalue weighted by Crippen LogP contribution is 2.41. The van der Waals surface area contributed by atoms with Crippen molar-refractivity contribution in [2.45, 2.75) is 50.2 Å². The van der Waals surface area contributed by atoms with Crippen molar-refractivity contribution in [1.29, 1.82) is 0 Å². The molecule has 154 valence electrons. The molecule has 1 heterocycles. The van der Waals surface area contributed by atoms with Gasteiger partial charge in [-0.2, -0.15) is 0 Å². The van der Waals surface area contributed by atoms with Crippen LogP contribution in [0.5, 0.6) is 0 Å². The maximum absolute atomic E-state index is 14.0. The summed E-state index contributed by atoms with van der Waals surface area (Å²) in [6, 6.07) is 18.9. The molecular formula is C24H31FN4. The van der Waals surface area contributed by atoms with Crippen LogP contribution in [0.3, 0.4) is 0 Å². The van der Waals surface area contributed by atoms with Gasteiger partial charge in [0.15, 0.2) is 5.96 Å². The van der Waals surface area contributed by atoms with E-state index in [1.54, 1.807) is 12.1 Å². The number of guanidine groups is 1. The van der Waals surface area contributed by atoms with Crippen LogP contribution >= 0.6 is 0 Å². The number of piperidine rings is 1. The van der Waals surface area contributed by atoms with Crippen molar-refractivity contribution >= 4 is 5.96 Å². The smallest absolute Gasteiger partial charge is 0.191 e. The van der Waals surface area contributed by atoms with Crippen LogP contribution in [0.2, 0.25) is 0 Å². The fourth-order valence-corrected chi connectivity index (χ4v) is 4.39. The molecule has 5 heteroatoms. The van der Waals surface area contributed by atoms with Gasteiger partial charge in [-0.05, 0) is 43.4 Å². The van der Waals surface area contributed by atoms with Crippen LogP contribution in [0, 0.1) is 5.82 Å². The van der Waals surface area contributed by atoms with Crippen LogP contribution in [0.1, 0.15) is 49.3 Å². The lowest BCUT2D eigenvalue weighted by molar-refractivity contribution is 0.158. The molecule has 0 amide bonds. The molecule has 2 N–H and O–H groups in total. The van der Waals surface area contributed by atoms with Gasteiger partial charge in [0.25, 0.3) is 0 Å². The van der Waals surface area contributed by atoms with Crippen molar-refractivity contribution < 1.29 is 4.39 Å². The van der Waals surface area contributed by atoms with Crippen molar-refractivity contribution in [3.63, 3.8) is 0 Å². The van der Waals surface area contributed by atoms with Crippen molar-refractivity contribution in [3.05, 3.63) is 71.5 Å². The summed E-state index contributed by atoms with van der Waals surface area (Å²) in [6.07, 6.45) is 3.15. The maximum atomic E-state index is 14.0. The number of likely N-dealkylation sites (tertiary alicyclic amines) is 1. The fourth-order valence-electron chi connectivity index (χ4n) is 4.39. The highest BCUT2D eigenvalue weighted by Gasteiger charge is 2.40. The van der Waals surface area contributed by atoms with Gasteiger partial charge in [-0.15, -0.1) is 0 Å². The van der Waals surface area contributed by atoms with E-state index >= 15 is 0 Å². The number of halogens is 1. The quantitative estimate of drug-likeness (QED) is 0.593. The molecule has 1 saturated carbocycles. The molecule has 2 aromatic carbocycles. The predicted octanol–water partition coefficient (Wildman–Crippen LogP) is 4.07. The molecule has 0 radical (unpaired) electrons. The third-order valence-corrected chi connectivity index (χ3v) is 6.34. The van der Waals surface area contributed by atoms with Crippen LogP contribution in [0.25, 0.3) is 0 Å². The van der Waals surface area contributed by atoms with E-state index < -0.39 is 0 Å². The zero-order valence-corrected chi connectivity index (χ0v) is 17.3. The Balaban J connectivity index is 1.25. The van der Waals surface area contributed by atoms with Crippen LogP contribution in [0.4, 0.5) is 4.39 Å². The van der Waals surface area contributed by atoms with E-state index in [1.807, 2.05) is 19.2 Å². The predicted molar refractivity (Wildman–Crippen MR) is 117 cm³/mol. The minimum absolute atomic E-state index is 0.107. The van der Waals surface area contributed by atoms with Crippen LogP contribution in [-0.4, -0.2) is 43.1 Å². The van der Waals surface area contributed by atoms with Gasteiger partial charge in [0.1, 0.15) is 5.82 Å². The van der Waals surface area contributed by atoms with E-state index in [9.17, 15) is 4.39 Å². The SMILES string of the molecule is CN=C(NC1CCN(C(C)c2ccccc2)CC1)NC1CC1c1ccccc1F. The molecule has 0 bridgehead atoms. The minimum Gasteiger partial charge on any atom is -0.354 e. The molecule has 2 fully saturated rings. The lowest BCUT2D eigenvalue weighted by Crippen LogP contribution is -2.49. The largest absolute Gasteiger partial charge is 0.354 e. The van der Waals surface area contributed by atoms with E-state index in [0.29, 0.717) is 12.1 Å². The lowest BCUT2D eigenvalue weighted by atomic mass is 10.0. The Morgan fingerprint density at radius 3 is 2.41 bits per heavy atom. The second-order valence-corrected chi connectivity index (χ2v) is 8.23. The van der Waals surface area contributed by atoms with Crippen LogP contribution in [0.15, 0.2) is 59.6 Å². The van der Waals surface area contributed by atoms with E-state index in [1.165, 1.54) is 5.56 Å². The monoisotopic (exact) mass is 394 g/mol. The van der Waals surface area contributed by atoms with E-state index in [4.69, 9.17) is 0 Å². The van der Waals surface area contributed by atoms with Crippen LogP contribution < -0.4 is 10.6 Å². The Kier molecular flexibility index (Phi) is 6.14. The third-order valence-electron chi connectivity index (χ3n) is 6.34. The van der Waals surface area contributed by atoms with Gasteiger partial charge >= 0.3 is 0 Å². The molecular weight excluding hydrogens is 363 g/mol. The van der Waals surface area contributed by atoms with Gasteiger partial charge < -0.3 is 10.6 Å². The average molecular weight is 395 g/mol. The summed E-state index contributed by atoms with van der Waals surface area (Å²) in [5.41, 5.74) is 2.19. The maximum Gasteiger partial charge on any atom is 0.191 e. The molecule has 3 unspecified atom stereocenters. The van der Waals surface area contributed by atoms with Crippen LogP contribution in [-0.2, 0) is 0 Å². The van der Waals surface area contributed by atoms with Gasteiger partial charge in [-0.1, -0.05) is 48.5 Å². The number of hydrogen-bond acceptors (Lipinski definition) is 2. The van der Waals surface area contributed by atoms with Gasteiger partial charge in [-0.25, -0.2) is 4.39 Å². The number of nitrogens with zero attached hydrogens (tertiary/aromatic N) is 2. The summed E-state index contributed by atoms with van der Waals surface area (Å²) in [6.45, 7) is 4.44. The zero-order valence-electron chi connectivity index (χ0n) is 17.3. The minimum atomic E-state index is -0.107. The van der Waals surface area contributed by atoms with E-state index in [-0.39, 0.29) is 17.8 Å². The average Bonchev–Trinajstić information content (AvgIpc) is 3.53. The Hall–Kier alpha value is -2.40. The topological polar surface area (TPSA) is 39.7 Å². The second kappa shape index (κ2) is 8.95. The third kappa shape index (κ3) is 4.78. The van der Waals surface area contributed by atoms with Crippen molar-refractivity contribution in [2.24, 2.45) is 4.99 Å². The molecule has 1 aliphatic carbocycles. The van der Waals surface area contributed by atoms with Gasteiger partial charge in [0, 0.05) is 44.2 Å². The Morgan fingerprint density at radius 2 is 1.72 bits per heavy atom.